The normalized spacial score (nSPS) is 12.8. The van der Waals surface area contributed by atoms with Gasteiger partial charge in [0, 0.05) is 6.42 Å². The zero-order valence-corrected chi connectivity index (χ0v) is 19.4. The van der Waals surface area contributed by atoms with Gasteiger partial charge in [-0.25, -0.2) is 4.79 Å². The van der Waals surface area contributed by atoms with Gasteiger partial charge in [0.15, 0.2) is 0 Å². The molecule has 31 heavy (non-hydrogen) atoms. The molecule has 0 aliphatic rings. The third kappa shape index (κ3) is 19.2. The van der Waals surface area contributed by atoms with Gasteiger partial charge in [-0.3, -0.25) is 4.79 Å². The summed E-state index contributed by atoms with van der Waals surface area (Å²) < 4.78 is 45.5. The monoisotopic (exact) mass is 470 g/mol. The quantitative estimate of drug-likeness (QED) is 0.0861. The molecule has 1 atom stereocenters. The molecule has 0 rings (SSSR count). The van der Waals surface area contributed by atoms with Gasteiger partial charge >= 0.3 is 18.1 Å². The Morgan fingerprint density at radius 3 is 1.90 bits per heavy atom. The maximum absolute atomic E-state index is 12.1. The van der Waals surface area contributed by atoms with E-state index >= 15 is 0 Å². The first-order valence-electron chi connectivity index (χ1n) is 11.5. The second kappa shape index (κ2) is 19.4. The molecule has 0 saturated carbocycles. The van der Waals surface area contributed by atoms with Crippen LogP contribution in [-0.4, -0.2) is 36.7 Å². The molecule has 0 aromatic heterocycles. The smallest absolute Gasteiger partial charge is 0.462 e. The van der Waals surface area contributed by atoms with Crippen molar-refractivity contribution in [2.75, 3.05) is 12.5 Å². The van der Waals surface area contributed by atoms with Gasteiger partial charge in [0.2, 0.25) is 0 Å². The summed E-state index contributed by atoms with van der Waals surface area (Å²) in [5.74, 6) is -3.26. The molecule has 4 nitrogen and oxygen atoms in total. The van der Waals surface area contributed by atoms with Crippen molar-refractivity contribution in [2.45, 2.75) is 109 Å². The molecule has 0 aromatic carbocycles. The van der Waals surface area contributed by atoms with Crippen molar-refractivity contribution >= 4 is 23.5 Å². The largest absolute Gasteiger partial charge is 0.490 e. The van der Waals surface area contributed by atoms with Gasteiger partial charge in [0.05, 0.1) is 5.88 Å². The van der Waals surface area contributed by atoms with Crippen LogP contribution < -0.4 is 0 Å². The minimum atomic E-state index is -5.10. The summed E-state index contributed by atoms with van der Waals surface area (Å²) in [7, 11) is 0. The van der Waals surface area contributed by atoms with Crippen LogP contribution in [0.3, 0.4) is 0 Å². The molecule has 8 heteroatoms. The Labute approximate surface area is 189 Å². The number of carbonyl (C=O) groups is 2. The number of allylic oxidation sites excluding steroid dienone is 2. The number of carbonyl (C=O) groups excluding carboxylic acids is 2. The van der Waals surface area contributed by atoms with E-state index < -0.39 is 30.8 Å². The zero-order chi connectivity index (χ0) is 23.4. The topological polar surface area (TPSA) is 52.6 Å². The van der Waals surface area contributed by atoms with Gasteiger partial charge in [-0.15, -0.1) is 11.6 Å². The fraction of sp³-hybridized carbons (Fsp3) is 0.826. The minimum absolute atomic E-state index is 0.181. The molecule has 0 heterocycles. The Bertz CT molecular complexity index is 496. The molecular weight excluding hydrogens is 433 g/mol. The van der Waals surface area contributed by atoms with E-state index in [1.165, 1.54) is 38.5 Å². The van der Waals surface area contributed by atoms with Crippen LogP contribution in [0.25, 0.3) is 0 Å². The molecule has 0 aliphatic heterocycles. The van der Waals surface area contributed by atoms with Crippen molar-refractivity contribution in [2.24, 2.45) is 0 Å². The van der Waals surface area contributed by atoms with E-state index in [0.717, 1.165) is 38.5 Å². The predicted octanol–water partition coefficient (Wildman–Crippen LogP) is 7.28. The predicted molar refractivity (Wildman–Crippen MR) is 117 cm³/mol. The highest BCUT2D eigenvalue weighted by molar-refractivity contribution is 6.18. The number of ether oxygens (including phenoxy) is 2. The number of unbranched alkanes of at least 4 members (excludes halogenated alkanes) is 11. The summed E-state index contributed by atoms with van der Waals surface area (Å²) in [5, 5.41) is 0. The fourth-order valence-corrected chi connectivity index (χ4v) is 3.08. The first kappa shape index (κ1) is 29.8. The number of hydrogen-bond donors (Lipinski definition) is 0. The fourth-order valence-electron chi connectivity index (χ4n) is 2.93. The van der Waals surface area contributed by atoms with Gasteiger partial charge in [-0.1, -0.05) is 70.4 Å². The summed E-state index contributed by atoms with van der Waals surface area (Å²) in [6, 6.07) is 0. The first-order chi connectivity index (χ1) is 14.8. The van der Waals surface area contributed by atoms with Gasteiger partial charge in [-0.2, -0.15) is 13.2 Å². The molecule has 0 saturated heterocycles. The zero-order valence-electron chi connectivity index (χ0n) is 18.7. The van der Waals surface area contributed by atoms with E-state index in [0.29, 0.717) is 6.42 Å². The molecule has 0 unspecified atom stereocenters. The summed E-state index contributed by atoms with van der Waals surface area (Å²) >= 11 is 5.45. The van der Waals surface area contributed by atoms with Crippen molar-refractivity contribution in [3.8, 4) is 0 Å². The summed E-state index contributed by atoms with van der Waals surface area (Å²) in [6.45, 7) is 1.75. The second-order valence-electron chi connectivity index (χ2n) is 7.70. The Hall–Kier alpha value is -1.24. The molecule has 182 valence electrons. The molecule has 0 fully saturated rings. The SMILES string of the molecule is CCCCCCCC/C=C\CCCCCCCC(=O)OC[C@H](CCl)OC(=O)C(F)(F)F. The summed E-state index contributed by atoms with van der Waals surface area (Å²) in [4.78, 5) is 22.4. The average Bonchev–Trinajstić information content (AvgIpc) is 2.72. The molecule has 0 aliphatic carbocycles. The number of hydrogen-bond acceptors (Lipinski definition) is 4. The number of esters is 2. The lowest BCUT2D eigenvalue weighted by atomic mass is 10.1. The molecule has 0 N–H and O–H groups in total. The minimum Gasteiger partial charge on any atom is -0.462 e. The van der Waals surface area contributed by atoms with E-state index in [9.17, 15) is 22.8 Å². The molecule has 0 aromatic rings. The molecular formula is C23H38ClF3O4. The van der Waals surface area contributed by atoms with Crippen LogP contribution in [0.15, 0.2) is 12.2 Å². The van der Waals surface area contributed by atoms with Crippen LogP contribution in [0.5, 0.6) is 0 Å². The lowest BCUT2D eigenvalue weighted by Crippen LogP contribution is -2.33. The Morgan fingerprint density at radius 1 is 0.871 bits per heavy atom. The Morgan fingerprint density at radius 2 is 1.39 bits per heavy atom. The molecule has 0 bridgehead atoms. The summed E-state index contributed by atoms with van der Waals surface area (Å²) in [5.41, 5.74) is 0. The molecule has 0 radical (unpaired) electrons. The Kier molecular flexibility index (Phi) is 18.7. The highest BCUT2D eigenvalue weighted by Crippen LogP contribution is 2.18. The van der Waals surface area contributed by atoms with E-state index in [4.69, 9.17) is 16.3 Å². The third-order valence-corrected chi connectivity index (χ3v) is 5.09. The number of halogens is 4. The van der Waals surface area contributed by atoms with Crippen molar-refractivity contribution in [1.82, 2.24) is 0 Å². The van der Waals surface area contributed by atoms with Gasteiger partial charge < -0.3 is 9.47 Å². The Balaban J connectivity index is 3.57. The maximum atomic E-state index is 12.1. The highest BCUT2D eigenvalue weighted by Gasteiger charge is 2.42. The molecule has 0 spiro atoms. The van der Waals surface area contributed by atoms with Crippen LogP contribution in [0.2, 0.25) is 0 Å². The van der Waals surface area contributed by atoms with Gasteiger partial charge in [-0.05, 0) is 32.1 Å². The van der Waals surface area contributed by atoms with E-state index in [1.54, 1.807) is 0 Å². The van der Waals surface area contributed by atoms with E-state index in [1.807, 2.05) is 0 Å². The van der Waals surface area contributed by atoms with Crippen LogP contribution in [0.4, 0.5) is 13.2 Å². The van der Waals surface area contributed by atoms with Crippen LogP contribution in [0.1, 0.15) is 96.8 Å². The third-order valence-electron chi connectivity index (χ3n) is 4.75. The number of rotatable bonds is 19. The first-order valence-corrected chi connectivity index (χ1v) is 12.0. The van der Waals surface area contributed by atoms with Gasteiger partial charge in [0.1, 0.15) is 12.7 Å². The van der Waals surface area contributed by atoms with Crippen LogP contribution in [0, 0.1) is 0 Å². The van der Waals surface area contributed by atoms with Crippen molar-refractivity contribution in [1.29, 1.82) is 0 Å². The van der Waals surface area contributed by atoms with E-state index in [-0.39, 0.29) is 12.3 Å². The van der Waals surface area contributed by atoms with Gasteiger partial charge in [0.25, 0.3) is 0 Å². The maximum Gasteiger partial charge on any atom is 0.490 e. The summed E-state index contributed by atoms with van der Waals surface area (Å²) in [6.07, 6.45) is 13.2. The highest BCUT2D eigenvalue weighted by atomic mass is 35.5. The molecule has 0 amide bonds. The second-order valence-corrected chi connectivity index (χ2v) is 8.01. The van der Waals surface area contributed by atoms with Crippen molar-refractivity contribution in [3.05, 3.63) is 12.2 Å². The van der Waals surface area contributed by atoms with E-state index in [2.05, 4.69) is 23.8 Å². The lowest BCUT2D eigenvalue weighted by molar-refractivity contribution is -0.206. The lowest BCUT2D eigenvalue weighted by Gasteiger charge is -2.16. The number of alkyl halides is 4. The average molecular weight is 471 g/mol. The van der Waals surface area contributed by atoms with Crippen molar-refractivity contribution in [3.63, 3.8) is 0 Å². The standard InChI is InChI=1S/C23H38ClF3O4/c1-2-3-4-5-6-7-8-9-10-11-12-13-14-15-16-17-21(28)30-19-20(18-24)31-22(29)23(25,26)27/h9-10,20H,2-8,11-19H2,1H3/b10-9-/t20-/m0/s1. The van der Waals surface area contributed by atoms with Crippen molar-refractivity contribution < 1.29 is 32.2 Å². The van der Waals surface area contributed by atoms with Crippen LogP contribution >= 0.6 is 11.6 Å². The van der Waals surface area contributed by atoms with Crippen LogP contribution in [-0.2, 0) is 19.1 Å².